The van der Waals surface area contributed by atoms with Crippen molar-refractivity contribution in [3.05, 3.63) is 33.9 Å². The first-order chi connectivity index (χ1) is 8.50. The largest absolute Gasteiger partial charge is 0.487 e. The summed E-state index contributed by atoms with van der Waals surface area (Å²) in [6, 6.07) is 5.02. The minimum absolute atomic E-state index is 0.0441. The second-order valence-electron chi connectivity index (χ2n) is 4.59. The zero-order valence-corrected chi connectivity index (χ0v) is 11.2. The Bertz CT molecular complexity index is 405. The summed E-state index contributed by atoms with van der Waals surface area (Å²) in [6.45, 7) is 3.34. The van der Waals surface area contributed by atoms with Crippen LogP contribution >= 0.6 is 0 Å². The summed E-state index contributed by atoms with van der Waals surface area (Å²) in [6.07, 6.45) is 1.91. The Balaban J connectivity index is 2.49. The number of hydrogen-bond donors (Lipinski definition) is 0. The van der Waals surface area contributed by atoms with Crippen LogP contribution in [0, 0.1) is 17.0 Å². The van der Waals surface area contributed by atoms with Crippen LogP contribution in [0.3, 0.4) is 0 Å². The number of ether oxygens (including phenoxy) is 1. The Labute approximate surface area is 108 Å². The molecule has 0 N–H and O–H groups in total. The molecule has 0 amide bonds. The van der Waals surface area contributed by atoms with E-state index in [1.807, 2.05) is 27.1 Å². The zero-order chi connectivity index (χ0) is 13.5. The fourth-order valence-electron chi connectivity index (χ4n) is 1.60. The highest BCUT2D eigenvalue weighted by atomic mass is 16.6. The van der Waals surface area contributed by atoms with E-state index < -0.39 is 4.92 Å². The number of unbranched alkanes of at least 4 members (excludes halogenated alkanes) is 1. The SMILES string of the molecule is Cc1ccc(OCCCCN(C)C)c([N+](=O)[O-])c1. The third-order valence-corrected chi connectivity index (χ3v) is 2.57. The molecule has 18 heavy (non-hydrogen) atoms. The van der Waals surface area contributed by atoms with Gasteiger partial charge >= 0.3 is 5.69 Å². The van der Waals surface area contributed by atoms with Crippen molar-refractivity contribution in [3.63, 3.8) is 0 Å². The van der Waals surface area contributed by atoms with E-state index >= 15 is 0 Å². The van der Waals surface area contributed by atoms with Crippen molar-refractivity contribution in [2.45, 2.75) is 19.8 Å². The maximum atomic E-state index is 10.9. The highest BCUT2D eigenvalue weighted by Crippen LogP contribution is 2.27. The molecule has 5 heteroatoms. The zero-order valence-electron chi connectivity index (χ0n) is 11.2. The van der Waals surface area contributed by atoms with Gasteiger partial charge in [0.25, 0.3) is 0 Å². The van der Waals surface area contributed by atoms with Gasteiger partial charge in [-0.05, 0) is 52.0 Å². The van der Waals surface area contributed by atoms with Crippen LogP contribution in [0.5, 0.6) is 5.75 Å². The molecule has 1 aromatic carbocycles. The van der Waals surface area contributed by atoms with Crippen molar-refractivity contribution in [1.29, 1.82) is 0 Å². The quantitative estimate of drug-likeness (QED) is 0.425. The molecule has 0 radical (unpaired) electrons. The molecule has 0 aromatic heterocycles. The summed E-state index contributed by atoms with van der Waals surface area (Å²) < 4.78 is 5.48. The van der Waals surface area contributed by atoms with Gasteiger partial charge in [-0.2, -0.15) is 0 Å². The lowest BCUT2D eigenvalue weighted by molar-refractivity contribution is -0.385. The van der Waals surface area contributed by atoms with Gasteiger partial charge in [-0.15, -0.1) is 0 Å². The molecule has 0 fully saturated rings. The number of aryl methyl sites for hydroxylation is 1. The smallest absolute Gasteiger partial charge is 0.311 e. The molecule has 100 valence electrons. The summed E-state index contributed by atoms with van der Waals surface area (Å²) in [4.78, 5) is 12.6. The Kier molecular flexibility index (Phi) is 5.58. The minimum Gasteiger partial charge on any atom is -0.487 e. The lowest BCUT2D eigenvalue weighted by atomic mass is 10.2. The van der Waals surface area contributed by atoms with Gasteiger partial charge in [0, 0.05) is 6.07 Å². The molecular weight excluding hydrogens is 232 g/mol. The van der Waals surface area contributed by atoms with Gasteiger partial charge in [-0.1, -0.05) is 6.07 Å². The van der Waals surface area contributed by atoms with E-state index in [2.05, 4.69) is 4.90 Å². The minimum atomic E-state index is -0.401. The van der Waals surface area contributed by atoms with E-state index in [1.54, 1.807) is 6.07 Å². The van der Waals surface area contributed by atoms with E-state index in [1.165, 1.54) is 6.07 Å². The second-order valence-corrected chi connectivity index (χ2v) is 4.59. The predicted molar refractivity (Wildman–Crippen MR) is 71.1 cm³/mol. The average molecular weight is 252 g/mol. The van der Waals surface area contributed by atoms with Crippen LogP contribution in [-0.4, -0.2) is 37.1 Å². The first-order valence-corrected chi connectivity index (χ1v) is 6.03. The molecule has 0 spiro atoms. The van der Waals surface area contributed by atoms with Crippen LogP contribution in [0.4, 0.5) is 5.69 Å². The molecule has 1 aromatic rings. The summed E-state index contributed by atoms with van der Waals surface area (Å²) in [5.41, 5.74) is 0.907. The first kappa shape index (κ1) is 14.4. The van der Waals surface area contributed by atoms with Crippen LogP contribution < -0.4 is 4.74 Å². The highest BCUT2D eigenvalue weighted by Gasteiger charge is 2.14. The lowest BCUT2D eigenvalue weighted by Crippen LogP contribution is -2.13. The molecule has 0 saturated carbocycles. The highest BCUT2D eigenvalue weighted by molar-refractivity contribution is 5.48. The summed E-state index contributed by atoms with van der Waals surface area (Å²) in [5.74, 6) is 0.357. The lowest BCUT2D eigenvalue weighted by Gasteiger charge is -2.10. The van der Waals surface area contributed by atoms with Crippen LogP contribution in [0.2, 0.25) is 0 Å². The number of nitro benzene ring substituents is 1. The van der Waals surface area contributed by atoms with Gasteiger partial charge in [0.15, 0.2) is 5.75 Å². The Morgan fingerprint density at radius 2 is 2.06 bits per heavy atom. The van der Waals surface area contributed by atoms with Gasteiger partial charge in [0.2, 0.25) is 0 Å². The van der Waals surface area contributed by atoms with Crippen molar-refractivity contribution in [2.24, 2.45) is 0 Å². The normalized spacial score (nSPS) is 10.7. The summed E-state index contributed by atoms with van der Waals surface area (Å²) in [7, 11) is 4.04. The van der Waals surface area contributed by atoms with E-state index in [-0.39, 0.29) is 5.69 Å². The fourth-order valence-corrected chi connectivity index (χ4v) is 1.60. The standard InChI is InChI=1S/C13H20N2O3/c1-11-6-7-13(12(10-11)15(16)17)18-9-5-4-8-14(2)3/h6-7,10H,4-5,8-9H2,1-3H3. The molecule has 1 rings (SSSR count). The van der Waals surface area contributed by atoms with E-state index in [0.717, 1.165) is 24.9 Å². The van der Waals surface area contributed by atoms with Crippen molar-refractivity contribution in [1.82, 2.24) is 4.90 Å². The molecule has 5 nitrogen and oxygen atoms in total. The molecule has 0 bridgehead atoms. The molecule has 0 saturated heterocycles. The Hall–Kier alpha value is -1.62. The molecule has 0 unspecified atom stereocenters. The number of rotatable bonds is 7. The Morgan fingerprint density at radius 3 is 2.67 bits per heavy atom. The van der Waals surface area contributed by atoms with Crippen LogP contribution in [0.25, 0.3) is 0 Å². The van der Waals surface area contributed by atoms with Gasteiger partial charge < -0.3 is 9.64 Å². The van der Waals surface area contributed by atoms with Crippen LogP contribution in [0.15, 0.2) is 18.2 Å². The number of benzene rings is 1. The van der Waals surface area contributed by atoms with Gasteiger partial charge in [0.05, 0.1) is 11.5 Å². The molecule has 0 heterocycles. The van der Waals surface area contributed by atoms with E-state index in [0.29, 0.717) is 12.4 Å². The van der Waals surface area contributed by atoms with Crippen molar-refractivity contribution >= 4 is 5.69 Å². The molecular formula is C13H20N2O3. The maximum absolute atomic E-state index is 10.9. The topological polar surface area (TPSA) is 55.6 Å². The summed E-state index contributed by atoms with van der Waals surface area (Å²) >= 11 is 0. The monoisotopic (exact) mass is 252 g/mol. The molecule has 0 atom stereocenters. The van der Waals surface area contributed by atoms with Crippen LogP contribution in [-0.2, 0) is 0 Å². The fraction of sp³-hybridized carbons (Fsp3) is 0.538. The van der Waals surface area contributed by atoms with Crippen molar-refractivity contribution in [3.8, 4) is 5.75 Å². The summed E-state index contributed by atoms with van der Waals surface area (Å²) in [5, 5.41) is 10.9. The number of nitro groups is 1. The molecule has 0 aliphatic rings. The van der Waals surface area contributed by atoms with Crippen LogP contribution in [0.1, 0.15) is 18.4 Å². The Morgan fingerprint density at radius 1 is 1.33 bits per heavy atom. The average Bonchev–Trinajstić information content (AvgIpc) is 2.29. The van der Waals surface area contributed by atoms with Gasteiger partial charge in [0.1, 0.15) is 0 Å². The van der Waals surface area contributed by atoms with Crippen molar-refractivity contribution < 1.29 is 9.66 Å². The third-order valence-electron chi connectivity index (χ3n) is 2.57. The predicted octanol–water partition coefficient (Wildman–Crippen LogP) is 2.62. The van der Waals surface area contributed by atoms with E-state index in [4.69, 9.17) is 4.74 Å². The van der Waals surface area contributed by atoms with Gasteiger partial charge in [-0.25, -0.2) is 0 Å². The third kappa shape index (κ3) is 4.71. The van der Waals surface area contributed by atoms with Crippen molar-refractivity contribution in [2.75, 3.05) is 27.2 Å². The second kappa shape index (κ2) is 6.96. The molecule has 0 aliphatic heterocycles. The maximum Gasteiger partial charge on any atom is 0.311 e. The van der Waals surface area contributed by atoms with E-state index in [9.17, 15) is 10.1 Å². The van der Waals surface area contributed by atoms with Gasteiger partial charge in [-0.3, -0.25) is 10.1 Å². The number of nitrogens with zero attached hydrogens (tertiary/aromatic N) is 2. The molecule has 0 aliphatic carbocycles. The first-order valence-electron chi connectivity index (χ1n) is 6.03. The number of hydrogen-bond acceptors (Lipinski definition) is 4.